The number of rotatable bonds is 4. The molecule has 0 aliphatic carbocycles. The first-order valence-electron chi connectivity index (χ1n) is 7.88. The van der Waals surface area contributed by atoms with Gasteiger partial charge in [-0.1, -0.05) is 13.8 Å². The predicted octanol–water partition coefficient (Wildman–Crippen LogP) is 4.93. The van der Waals surface area contributed by atoms with Gasteiger partial charge in [0, 0.05) is 10.5 Å². The standard InChI is InChI=1S/C10H9NOS.C8H4FNO.C2H6S/c1-2-13-10-4-3-8(6-11)5-9(10)7-12;9-8-2-1-6(4-10)3-7(8)5-11;1-2-3/h3-5,7H,2H2,1H3;1-3,5H;3H,2H2,1H3. The van der Waals surface area contributed by atoms with Crippen LogP contribution in [0.15, 0.2) is 41.3 Å². The van der Waals surface area contributed by atoms with Crippen LogP contribution >= 0.6 is 24.4 Å². The van der Waals surface area contributed by atoms with Gasteiger partial charge in [-0.15, -0.1) is 11.8 Å². The number of aldehydes is 2. The molecule has 0 unspecified atom stereocenters. The van der Waals surface area contributed by atoms with E-state index in [9.17, 15) is 14.0 Å². The minimum Gasteiger partial charge on any atom is -0.298 e. The van der Waals surface area contributed by atoms with Crippen molar-refractivity contribution >= 4 is 37.0 Å². The number of hydrogen-bond acceptors (Lipinski definition) is 6. The molecule has 4 nitrogen and oxygen atoms in total. The monoisotopic (exact) mass is 402 g/mol. The van der Waals surface area contributed by atoms with Crippen molar-refractivity contribution in [3.8, 4) is 12.1 Å². The van der Waals surface area contributed by atoms with E-state index in [4.69, 9.17) is 10.5 Å². The zero-order valence-corrected chi connectivity index (χ0v) is 16.7. The molecule has 2 aromatic rings. The number of nitriles is 2. The molecule has 7 heteroatoms. The zero-order valence-electron chi connectivity index (χ0n) is 15.0. The molecule has 2 rings (SSSR count). The van der Waals surface area contributed by atoms with E-state index in [-0.39, 0.29) is 11.1 Å². The van der Waals surface area contributed by atoms with E-state index in [1.807, 2.05) is 26.0 Å². The second kappa shape index (κ2) is 14.5. The summed E-state index contributed by atoms with van der Waals surface area (Å²) in [7, 11) is 0. The molecule has 0 aliphatic heterocycles. The highest BCUT2D eigenvalue weighted by molar-refractivity contribution is 7.99. The Morgan fingerprint density at radius 1 is 1.00 bits per heavy atom. The van der Waals surface area contributed by atoms with Crippen LogP contribution in [0.2, 0.25) is 0 Å². The van der Waals surface area contributed by atoms with Crippen molar-refractivity contribution in [1.82, 2.24) is 0 Å². The van der Waals surface area contributed by atoms with E-state index in [0.29, 0.717) is 17.4 Å². The Bertz CT molecular complexity index is 843. The van der Waals surface area contributed by atoms with Gasteiger partial charge in [-0.25, -0.2) is 4.39 Å². The largest absolute Gasteiger partial charge is 0.298 e. The van der Waals surface area contributed by atoms with Crippen molar-refractivity contribution in [3.63, 3.8) is 0 Å². The van der Waals surface area contributed by atoms with E-state index in [2.05, 4.69) is 12.6 Å². The first-order valence-corrected chi connectivity index (χ1v) is 9.50. The highest BCUT2D eigenvalue weighted by Gasteiger charge is 2.02. The molecule has 2 aromatic carbocycles. The Morgan fingerprint density at radius 2 is 1.48 bits per heavy atom. The summed E-state index contributed by atoms with van der Waals surface area (Å²) in [6, 6.07) is 12.6. The molecular formula is C20H19FN2O2S2. The lowest BCUT2D eigenvalue weighted by Crippen LogP contribution is -1.87. The molecule has 0 saturated heterocycles. The SMILES string of the molecule is CCS.CCSc1ccc(C#N)cc1C=O.N#Cc1ccc(F)c(C=O)c1. The summed E-state index contributed by atoms with van der Waals surface area (Å²) in [4.78, 5) is 21.7. The summed E-state index contributed by atoms with van der Waals surface area (Å²) in [6.07, 6.45) is 1.18. The lowest BCUT2D eigenvalue weighted by atomic mass is 10.1. The summed E-state index contributed by atoms with van der Waals surface area (Å²) >= 11 is 5.39. The number of thiol groups is 1. The maximum absolute atomic E-state index is 12.6. The maximum atomic E-state index is 12.6. The number of thioether (sulfide) groups is 1. The van der Waals surface area contributed by atoms with E-state index in [1.54, 1.807) is 30.0 Å². The topological polar surface area (TPSA) is 81.7 Å². The molecule has 27 heavy (non-hydrogen) atoms. The van der Waals surface area contributed by atoms with Gasteiger partial charge in [0.2, 0.25) is 0 Å². The molecule has 0 aromatic heterocycles. The number of halogens is 1. The van der Waals surface area contributed by atoms with Crippen molar-refractivity contribution in [2.75, 3.05) is 11.5 Å². The van der Waals surface area contributed by atoms with Gasteiger partial charge in [-0.05, 0) is 47.9 Å². The van der Waals surface area contributed by atoms with Crippen LogP contribution in [-0.4, -0.2) is 24.1 Å². The first kappa shape index (κ1) is 24.4. The quantitative estimate of drug-likeness (QED) is 0.445. The Kier molecular flexibility index (Phi) is 13.1. The normalized spacial score (nSPS) is 8.67. The second-order valence-electron chi connectivity index (χ2n) is 4.70. The maximum Gasteiger partial charge on any atom is 0.153 e. The molecule has 0 fully saturated rings. The summed E-state index contributed by atoms with van der Waals surface area (Å²) in [5, 5.41) is 17.0. The number of benzene rings is 2. The Balaban J connectivity index is 0.000000442. The molecule has 0 atom stereocenters. The van der Waals surface area contributed by atoms with Crippen LogP contribution in [0.4, 0.5) is 4.39 Å². The molecule has 0 heterocycles. The molecule has 0 radical (unpaired) electrons. The minimum absolute atomic E-state index is 0.0796. The third kappa shape index (κ3) is 9.05. The molecule has 0 amide bonds. The van der Waals surface area contributed by atoms with E-state index >= 15 is 0 Å². The Morgan fingerprint density at radius 3 is 1.93 bits per heavy atom. The summed E-state index contributed by atoms with van der Waals surface area (Å²) in [6.45, 7) is 4.01. The fourth-order valence-corrected chi connectivity index (χ4v) is 2.45. The minimum atomic E-state index is -0.598. The fourth-order valence-electron chi connectivity index (χ4n) is 1.70. The third-order valence-electron chi connectivity index (χ3n) is 2.82. The van der Waals surface area contributed by atoms with Crippen molar-refractivity contribution in [2.45, 2.75) is 18.7 Å². The van der Waals surface area contributed by atoms with Gasteiger partial charge >= 0.3 is 0 Å². The van der Waals surface area contributed by atoms with E-state index < -0.39 is 5.82 Å². The van der Waals surface area contributed by atoms with Gasteiger partial charge in [0.15, 0.2) is 12.6 Å². The predicted molar refractivity (Wildman–Crippen MR) is 109 cm³/mol. The van der Waals surface area contributed by atoms with Crippen LogP contribution < -0.4 is 0 Å². The second-order valence-corrected chi connectivity index (χ2v) is 6.64. The van der Waals surface area contributed by atoms with Crippen LogP contribution in [-0.2, 0) is 0 Å². The molecule has 0 spiro atoms. The van der Waals surface area contributed by atoms with Crippen LogP contribution in [0.1, 0.15) is 45.7 Å². The lowest BCUT2D eigenvalue weighted by molar-refractivity contribution is 0.111. The Labute approximate surface area is 168 Å². The Hall–Kier alpha value is -2.61. The van der Waals surface area contributed by atoms with Crippen LogP contribution in [0.3, 0.4) is 0 Å². The van der Waals surface area contributed by atoms with E-state index in [0.717, 1.165) is 28.8 Å². The summed E-state index contributed by atoms with van der Waals surface area (Å²) in [5.74, 6) is 1.27. The summed E-state index contributed by atoms with van der Waals surface area (Å²) in [5.41, 5.74) is 1.34. The number of hydrogen-bond donors (Lipinski definition) is 1. The summed E-state index contributed by atoms with van der Waals surface area (Å²) < 4.78 is 12.6. The molecular weight excluding hydrogens is 383 g/mol. The van der Waals surface area contributed by atoms with Crippen LogP contribution in [0.25, 0.3) is 0 Å². The van der Waals surface area contributed by atoms with E-state index in [1.165, 1.54) is 12.1 Å². The van der Waals surface area contributed by atoms with Crippen molar-refractivity contribution in [1.29, 1.82) is 10.5 Å². The number of carbonyl (C=O) groups is 2. The van der Waals surface area contributed by atoms with Crippen molar-refractivity contribution < 1.29 is 14.0 Å². The van der Waals surface area contributed by atoms with Crippen molar-refractivity contribution in [3.05, 3.63) is 64.5 Å². The van der Waals surface area contributed by atoms with Crippen LogP contribution in [0, 0.1) is 28.5 Å². The van der Waals surface area contributed by atoms with Gasteiger partial charge in [0.05, 0.1) is 28.8 Å². The number of nitrogens with zero attached hydrogens (tertiary/aromatic N) is 2. The average Bonchev–Trinajstić information content (AvgIpc) is 2.70. The van der Waals surface area contributed by atoms with Gasteiger partial charge < -0.3 is 0 Å². The van der Waals surface area contributed by atoms with Gasteiger partial charge in [-0.3, -0.25) is 9.59 Å². The molecule has 0 bridgehead atoms. The molecule has 0 N–H and O–H groups in total. The van der Waals surface area contributed by atoms with Crippen molar-refractivity contribution in [2.24, 2.45) is 0 Å². The highest BCUT2D eigenvalue weighted by Crippen LogP contribution is 2.22. The fraction of sp³-hybridized carbons (Fsp3) is 0.200. The molecule has 0 aliphatic rings. The highest BCUT2D eigenvalue weighted by atomic mass is 32.2. The third-order valence-corrected chi connectivity index (χ3v) is 3.79. The average molecular weight is 403 g/mol. The number of carbonyl (C=O) groups excluding carboxylic acids is 2. The lowest BCUT2D eigenvalue weighted by Gasteiger charge is -2.01. The smallest absolute Gasteiger partial charge is 0.153 e. The molecule has 0 saturated carbocycles. The van der Waals surface area contributed by atoms with Gasteiger partial charge in [0.1, 0.15) is 5.82 Å². The molecule has 140 valence electrons. The first-order chi connectivity index (χ1) is 13.0. The van der Waals surface area contributed by atoms with Crippen LogP contribution in [0.5, 0.6) is 0 Å². The zero-order chi connectivity index (χ0) is 20.7. The van der Waals surface area contributed by atoms with Gasteiger partial charge in [0.25, 0.3) is 0 Å². The van der Waals surface area contributed by atoms with Gasteiger partial charge in [-0.2, -0.15) is 23.2 Å².